The molecule has 0 saturated carbocycles. The second kappa shape index (κ2) is 9.94. The van der Waals surface area contributed by atoms with Crippen molar-refractivity contribution < 1.29 is 29.0 Å². The zero-order chi connectivity index (χ0) is 25.1. The highest BCUT2D eigenvalue weighted by atomic mass is 79.9. The fraction of sp³-hybridized carbons (Fsp3) is 0.0769. The first-order valence-electron chi connectivity index (χ1n) is 10.5. The third kappa shape index (κ3) is 5.30. The van der Waals surface area contributed by atoms with E-state index in [1.165, 1.54) is 18.2 Å². The minimum Gasteiger partial charge on any atom is -0.488 e. The van der Waals surface area contributed by atoms with E-state index in [9.17, 15) is 19.2 Å². The molecule has 1 heterocycles. The van der Waals surface area contributed by atoms with Crippen molar-refractivity contribution in [3.8, 4) is 5.75 Å². The van der Waals surface area contributed by atoms with Crippen molar-refractivity contribution in [3.63, 3.8) is 0 Å². The maximum atomic E-state index is 13.0. The van der Waals surface area contributed by atoms with Gasteiger partial charge in [0.15, 0.2) is 0 Å². The molecule has 1 aliphatic rings. The molecule has 3 aromatic carbocycles. The summed E-state index contributed by atoms with van der Waals surface area (Å²) in [4.78, 5) is 49.6. The number of anilines is 1. The Labute approximate surface area is 209 Å². The van der Waals surface area contributed by atoms with E-state index in [1.807, 2.05) is 6.92 Å². The Kier molecular flexibility index (Phi) is 6.79. The van der Waals surface area contributed by atoms with Crippen LogP contribution in [0.4, 0.5) is 10.5 Å². The van der Waals surface area contributed by atoms with Crippen molar-refractivity contribution in [2.45, 2.75) is 13.5 Å². The van der Waals surface area contributed by atoms with E-state index in [0.29, 0.717) is 21.5 Å². The van der Waals surface area contributed by atoms with Gasteiger partial charge in [0.05, 0.1) is 15.7 Å². The predicted molar refractivity (Wildman–Crippen MR) is 132 cm³/mol. The fourth-order valence-electron chi connectivity index (χ4n) is 3.38. The number of hydrogen-bond donors (Lipinski definition) is 2. The Morgan fingerprint density at radius 1 is 1.03 bits per heavy atom. The number of nitrogens with one attached hydrogen (secondary N) is 1. The molecule has 1 saturated heterocycles. The van der Waals surface area contributed by atoms with Crippen molar-refractivity contribution in [2.24, 2.45) is 0 Å². The first-order chi connectivity index (χ1) is 16.7. The molecule has 0 aromatic heterocycles. The summed E-state index contributed by atoms with van der Waals surface area (Å²) in [6.45, 7) is 2.10. The number of aryl methyl sites for hydroxylation is 1. The molecule has 0 atom stereocenters. The number of nitrogens with zero attached hydrogens (tertiary/aromatic N) is 1. The van der Waals surface area contributed by atoms with E-state index < -0.39 is 23.8 Å². The molecular weight excluding hydrogens is 516 g/mol. The first kappa shape index (κ1) is 23.9. The number of benzene rings is 3. The summed E-state index contributed by atoms with van der Waals surface area (Å²) in [6.07, 6.45) is 1.41. The van der Waals surface area contributed by atoms with Crippen LogP contribution in [-0.2, 0) is 16.2 Å². The Morgan fingerprint density at radius 2 is 1.71 bits per heavy atom. The third-order valence-electron chi connectivity index (χ3n) is 5.26. The maximum absolute atomic E-state index is 13.0. The summed E-state index contributed by atoms with van der Waals surface area (Å²) in [7, 11) is 0. The molecule has 0 unspecified atom stereocenters. The number of barbiturate groups is 1. The molecule has 4 rings (SSSR count). The molecule has 4 amide bonds. The van der Waals surface area contributed by atoms with Gasteiger partial charge in [-0.05, 0) is 76.5 Å². The number of carbonyl (C=O) groups is 4. The third-order valence-corrected chi connectivity index (χ3v) is 5.88. The lowest BCUT2D eigenvalue weighted by molar-refractivity contribution is -0.122. The maximum Gasteiger partial charge on any atom is 0.335 e. The van der Waals surface area contributed by atoms with E-state index in [-0.39, 0.29) is 17.7 Å². The molecule has 1 fully saturated rings. The molecule has 3 aromatic rings. The number of urea groups is 1. The van der Waals surface area contributed by atoms with Gasteiger partial charge in [-0.3, -0.25) is 14.9 Å². The van der Waals surface area contributed by atoms with Crippen LogP contribution in [0.25, 0.3) is 6.08 Å². The van der Waals surface area contributed by atoms with Gasteiger partial charge in [-0.2, -0.15) is 0 Å². The number of carboxylic acids is 1. The summed E-state index contributed by atoms with van der Waals surface area (Å²) < 4.78 is 6.38. The van der Waals surface area contributed by atoms with E-state index >= 15 is 0 Å². The molecule has 176 valence electrons. The average Bonchev–Trinajstić information content (AvgIpc) is 2.82. The highest BCUT2D eigenvalue weighted by Crippen LogP contribution is 2.29. The highest BCUT2D eigenvalue weighted by molar-refractivity contribution is 9.10. The van der Waals surface area contributed by atoms with Gasteiger partial charge in [0, 0.05) is 0 Å². The van der Waals surface area contributed by atoms with E-state index in [4.69, 9.17) is 9.84 Å². The van der Waals surface area contributed by atoms with Crippen LogP contribution in [0, 0.1) is 6.92 Å². The quantitative estimate of drug-likeness (QED) is 0.350. The molecule has 2 N–H and O–H groups in total. The van der Waals surface area contributed by atoms with Crippen LogP contribution in [-0.4, -0.2) is 28.9 Å². The number of carbonyl (C=O) groups excluding carboxylic acids is 3. The van der Waals surface area contributed by atoms with Crippen LogP contribution in [0.1, 0.15) is 27.0 Å². The predicted octanol–water partition coefficient (Wildman–Crippen LogP) is 4.70. The summed E-state index contributed by atoms with van der Waals surface area (Å²) in [5, 5.41) is 11.2. The summed E-state index contributed by atoms with van der Waals surface area (Å²) >= 11 is 3.43. The zero-order valence-electron chi connectivity index (χ0n) is 18.4. The number of imide groups is 2. The van der Waals surface area contributed by atoms with Gasteiger partial charge in [0.25, 0.3) is 11.8 Å². The van der Waals surface area contributed by atoms with Gasteiger partial charge >= 0.3 is 12.0 Å². The molecule has 1 aliphatic heterocycles. The molecule has 0 radical (unpaired) electrons. The summed E-state index contributed by atoms with van der Waals surface area (Å²) in [5.74, 6) is -1.97. The second-order valence-corrected chi connectivity index (χ2v) is 8.63. The minimum absolute atomic E-state index is 0.177. The van der Waals surface area contributed by atoms with Crippen LogP contribution in [0.5, 0.6) is 5.75 Å². The van der Waals surface area contributed by atoms with Gasteiger partial charge in [-0.25, -0.2) is 14.5 Å². The Bertz CT molecular complexity index is 1360. The number of carboxylic acid groups (broad SMARTS) is 1. The number of hydrogen-bond acceptors (Lipinski definition) is 5. The monoisotopic (exact) mass is 534 g/mol. The Balaban J connectivity index is 1.52. The molecule has 35 heavy (non-hydrogen) atoms. The van der Waals surface area contributed by atoms with E-state index in [2.05, 4.69) is 21.2 Å². The van der Waals surface area contributed by atoms with Crippen LogP contribution >= 0.6 is 15.9 Å². The number of aromatic carboxylic acids is 1. The second-order valence-electron chi connectivity index (χ2n) is 7.77. The Morgan fingerprint density at radius 3 is 2.34 bits per heavy atom. The van der Waals surface area contributed by atoms with Gasteiger partial charge in [-0.1, -0.05) is 35.9 Å². The lowest BCUT2D eigenvalue weighted by Crippen LogP contribution is -2.54. The van der Waals surface area contributed by atoms with Crippen molar-refractivity contribution in [2.75, 3.05) is 4.90 Å². The SMILES string of the molecule is Cc1ccc(N2C(=O)NC(=O)C(=Cc3ccc(OCc4ccc(C(=O)O)cc4)c(Br)c3)C2=O)cc1. The van der Waals surface area contributed by atoms with E-state index in [0.717, 1.165) is 16.0 Å². The highest BCUT2D eigenvalue weighted by Gasteiger charge is 2.36. The molecule has 0 spiro atoms. The van der Waals surface area contributed by atoms with E-state index in [1.54, 1.807) is 54.6 Å². The van der Waals surface area contributed by atoms with Crippen molar-refractivity contribution in [1.29, 1.82) is 0 Å². The largest absolute Gasteiger partial charge is 0.488 e. The zero-order valence-corrected chi connectivity index (χ0v) is 20.0. The number of ether oxygens (including phenoxy) is 1. The van der Waals surface area contributed by atoms with Crippen LogP contribution in [0.3, 0.4) is 0 Å². The summed E-state index contributed by atoms with van der Waals surface area (Å²) in [5.41, 5.74) is 2.68. The minimum atomic E-state index is -0.999. The molecule has 0 bridgehead atoms. The van der Waals surface area contributed by atoms with Gasteiger partial charge in [0.2, 0.25) is 0 Å². The number of rotatable bonds is 6. The van der Waals surface area contributed by atoms with Crippen molar-refractivity contribution in [1.82, 2.24) is 5.32 Å². The van der Waals surface area contributed by atoms with Gasteiger partial charge < -0.3 is 9.84 Å². The Hall–Kier alpha value is -4.24. The normalized spacial score (nSPS) is 14.7. The average molecular weight is 535 g/mol. The standard InChI is InChI=1S/C26H19BrN2O6/c1-15-2-9-19(10-3-15)29-24(31)20(23(30)28-26(29)34)12-17-6-11-22(21(27)13-17)35-14-16-4-7-18(8-5-16)25(32)33/h2-13H,14H2,1H3,(H,32,33)(H,28,30,34). The number of halogens is 1. The molecule has 9 heteroatoms. The molecule has 8 nitrogen and oxygen atoms in total. The van der Waals surface area contributed by atoms with Crippen LogP contribution in [0.15, 0.2) is 76.8 Å². The first-order valence-corrected chi connectivity index (χ1v) is 11.2. The van der Waals surface area contributed by atoms with Gasteiger partial charge in [-0.15, -0.1) is 0 Å². The lowest BCUT2D eigenvalue weighted by atomic mass is 10.1. The molecular formula is C26H19BrN2O6. The smallest absolute Gasteiger partial charge is 0.335 e. The molecule has 0 aliphatic carbocycles. The summed E-state index contributed by atoms with van der Waals surface area (Å²) in [6, 6.07) is 17.4. The van der Waals surface area contributed by atoms with Crippen molar-refractivity contribution >= 4 is 51.5 Å². The fourth-order valence-corrected chi connectivity index (χ4v) is 3.89. The van der Waals surface area contributed by atoms with Crippen LogP contribution < -0.4 is 15.0 Å². The van der Waals surface area contributed by atoms with Crippen LogP contribution in [0.2, 0.25) is 0 Å². The topological polar surface area (TPSA) is 113 Å². The number of amides is 4. The van der Waals surface area contributed by atoms with Crippen molar-refractivity contribution in [3.05, 3.63) is 99.0 Å². The lowest BCUT2D eigenvalue weighted by Gasteiger charge is -2.26. The van der Waals surface area contributed by atoms with Gasteiger partial charge in [0.1, 0.15) is 17.9 Å².